The van der Waals surface area contributed by atoms with Crippen LogP contribution in [-0.4, -0.2) is 45.2 Å². The van der Waals surface area contributed by atoms with E-state index in [0.717, 1.165) is 0 Å². The van der Waals surface area contributed by atoms with E-state index in [4.69, 9.17) is 15.9 Å². The third-order valence-corrected chi connectivity index (χ3v) is 2.62. The number of aliphatic carboxylic acids is 1. The summed E-state index contributed by atoms with van der Waals surface area (Å²) < 4.78 is 0. The summed E-state index contributed by atoms with van der Waals surface area (Å²) >= 11 is 0. The minimum atomic E-state index is -1.98. The van der Waals surface area contributed by atoms with Crippen LogP contribution in [0.1, 0.15) is 13.3 Å². The van der Waals surface area contributed by atoms with Crippen molar-refractivity contribution in [1.82, 2.24) is 4.90 Å². The van der Waals surface area contributed by atoms with Crippen LogP contribution < -0.4 is 5.73 Å². The number of likely N-dealkylation sites (tertiary alicyclic amines) is 1. The third-order valence-electron chi connectivity index (χ3n) is 2.62. The maximum absolute atomic E-state index is 11.1. The fourth-order valence-electron chi connectivity index (χ4n) is 1.66. The number of carbonyl (C=O) groups excluding carboxylic acids is 1. The molecule has 0 spiro atoms. The molecule has 1 amide bonds. The van der Waals surface area contributed by atoms with Gasteiger partial charge in [-0.2, -0.15) is 0 Å². The highest BCUT2D eigenvalue weighted by atomic mass is 16.4. The molecular weight excluding hydrogens is 204 g/mol. The van der Waals surface area contributed by atoms with Crippen molar-refractivity contribution in [2.24, 2.45) is 11.7 Å². The van der Waals surface area contributed by atoms with Gasteiger partial charge < -0.3 is 10.2 Å². The number of rotatable bonds is 2. The molecule has 2 atom stereocenters. The number of carboxylic acid groups (broad SMARTS) is 2. The monoisotopic (exact) mass is 216 g/mol. The summed E-state index contributed by atoms with van der Waals surface area (Å²) in [5.74, 6) is -2.33. The van der Waals surface area contributed by atoms with E-state index in [2.05, 4.69) is 0 Å². The van der Waals surface area contributed by atoms with Crippen molar-refractivity contribution in [3.05, 3.63) is 0 Å². The average Bonchev–Trinajstić information content (AvgIpc) is 2.44. The summed E-state index contributed by atoms with van der Waals surface area (Å²) in [5, 5.41) is 17.6. The molecule has 0 aliphatic carbocycles. The van der Waals surface area contributed by atoms with E-state index < -0.39 is 23.6 Å². The summed E-state index contributed by atoms with van der Waals surface area (Å²) in [6, 6.07) is 0. The Morgan fingerprint density at radius 2 is 1.93 bits per heavy atom. The normalized spacial score (nSPS) is 30.3. The number of ketones is 1. The van der Waals surface area contributed by atoms with Crippen molar-refractivity contribution < 1.29 is 24.6 Å². The number of nitrogens with zero attached hydrogens (tertiary/aromatic N) is 1. The first-order chi connectivity index (χ1) is 6.79. The number of carboxylic acids is 1. The number of hydrogen-bond acceptors (Lipinski definition) is 4. The van der Waals surface area contributed by atoms with E-state index in [1.165, 1.54) is 6.92 Å². The van der Waals surface area contributed by atoms with Gasteiger partial charge in [-0.05, 0) is 6.92 Å². The second-order valence-corrected chi connectivity index (χ2v) is 3.63. The molecule has 1 aliphatic rings. The molecule has 1 rings (SSSR count). The maximum atomic E-state index is 11.1. The molecule has 1 fully saturated rings. The van der Waals surface area contributed by atoms with Crippen molar-refractivity contribution in [3.63, 3.8) is 0 Å². The Bertz CT molecular complexity index is 329. The van der Waals surface area contributed by atoms with Gasteiger partial charge in [-0.1, -0.05) is 0 Å². The first-order valence-electron chi connectivity index (χ1n) is 4.32. The maximum Gasteiger partial charge on any atom is 0.409 e. The molecule has 84 valence electrons. The molecule has 1 heterocycles. The van der Waals surface area contributed by atoms with Crippen LogP contribution in [0.25, 0.3) is 0 Å². The molecule has 0 radical (unpaired) electrons. The van der Waals surface area contributed by atoms with E-state index >= 15 is 0 Å². The van der Waals surface area contributed by atoms with Gasteiger partial charge in [0.05, 0.1) is 0 Å². The van der Waals surface area contributed by atoms with Crippen LogP contribution in [0.15, 0.2) is 0 Å². The van der Waals surface area contributed by atoms with Crippen molar-refractivity contribution in [1.29, 1.82) is 0 Å². The highest BCUT2D eigenvalue weighted by Crippen LogP contribution is 2.30. The minimum absolute atomic E-state index is 0.159. The predicted octanol–water partition coefficient (Wildman–Crippen LogP) is -0.685. The fourth-order valence-corrected chi connectivity index (χ4v) is 1.66. The second-order valence-electron chi connectivity index (χ2n) is 3.63. The molecule has 0 bridgehead atoms. The first-order valence-corrected chi connectivity index (χ1v) is 4.32. The van der Waals surface area contributed by atoms with Crippen molar-refractivity contribution in [3.8, 4) is 0 Å². The Morgan fingerprint density at radius 1 is 1.40 bits per heavy atom. The highest BCUT2D eigenvalue weighted by Gasteiger charge is 2.52. The van der Waals surface area contributed by atoms with E-state index in [0.29, 0.717) is 4.90 Å². The van der Waals surface area contributed by atoms with Gasteiger partial charge in [0.1, 0.15) is 5.78 Å². The van der Waals surface area contributed by atoms with Gasteiger partial charge in [0.2, 0.25) is 0 Å². The molecule has 0 aromatic heterocycles. The number of Topliss-reactive ketones (excluding diaryl/α,β-unsaturated/α-hetero) is 1. The van der Waals surface area contributed by atoms with Crippen LogP contribution in [0.3, 0.4) is 0 Å². The highest BCUT2D eigenvalue weighted by molar-refractivity contribution is 5.87. The van der Waals surface area contributed by atoms with Gasteiger partial charge in [0.15, 0.2) is 5.66 Å². The molecule has 1 saturated heterocycles. The van der Waals surface area contributed by atoms with Crippen molar-refractivity contribution >= 4 is 17.8 Å². The second kappa shape index (κ2) is 3.50. The molecule has 7 heteroatoms. The molecule has 1 aliphatic heterocycles. The number of nitrogens with two attached hydrogens (primary N) is 1. The van der Waals surface area contributed by atoms with Gasteiger partial charge in [0.25, 0.3) is 0 Å². The summed E-state index contributed by atoms with van der Waals surface area (Å²) in [7, 11) is 0. The van der Waals surface area contributed by atoms with Crippen LogP contribution in [0.4, 0.5) is 4.79 Å². The largest absolute Gasteiger partial charge is 0.478 e. The summed E-state index contributed by atoms with van der Waals surface area (Å²) in [6.07, 6.45) is -1.60. The van der Waals surface area contributed by atoms with Gasteiger partial charge in [0, 0.05) is 18.9 Å². The topological polar surface area (TPSA) is 121 Å². The molecule has 0 aromatic carbocycles. The van der Waals surface area contributed by atoms with Gasteiger partial charge in [-0.25, -0.2) is 9.59 Å². The SMILES string of the molecule is CC(=O)[C@H]1CN(C(=O)O)[C@@](N)(C(=O)O)C1. The van der Waals surface area contributed by atoms with Gasteiger partial charge in [-0.15, -0.1) is 0 Å². The average molecular weight is 216 g/mol. The quantitative estimate of drug-likeness (QED) is 0.562. The van der Waals surface area contributed by atoms with Crippen LogP contribution in [0.2, 0.25) is 0 Å². The lowest BCUT2D eigenvalue weighted by molar-refractivity contribution is -0.148. The Labute approximate surface area is 85.5 Å². The van der Waals surface area contributed by atoms with E-state index in [1.807, 2.05) is 0 Å². The van der Waals surface area contributed by atoms with Crippen molar-refractivity contribution in [2.75, 3.05) is 6.54 Å². The number of carbonyl (C=O) groups is 3. The standard InChI is InChI=1S/C8H12N2O5/c1-4(11)5-2-8(9,6(12)13)10(3-5)7(14)15/h5H,2-3,9H2,1H3,(H,12,13)(H,14,15)/t5-,8-/m1/s1. The summed E-state index contributed by atoms with van der Waals surface area (Å²) in [4.78, 5) is 33.3. The molecular formula is C8H12N2O5. The lowest BCUT2D eigenvalue weighted by atomic mass is 9.98. The number of hydrogen-bond donors (Lipinski definition) is 3. The molecule has 0 unspecified atom stereocenters. The lowest BCUT2D eigenvalue weighted by Gasteiger charge is -2.27. The fraction of sp³-hybridized carbons (Fsp3) is 0.625. The van der Waals surface area contributed by atoms with Crippen LogP contribution in [-0.2, 0) is 9.59 Å². The zero-order chi connectivity index (χ0) is 11.8. The zero-order valence-corrected chi connectivity index (χ0v) is 8.14. The van der Waals surface area contributed by atoms with Crippen LogP contribution >= 0.6 is 0 Å². The van der Waals surface area contributed by atoms with Crippen molar-refractivity contribution in [2.45, 2.75) is 19.0 Å². The Morgan fingerprint density at radius 3 is 2.20 bits per heavy atom. The zero-order valence-electron chi connectivity index (χ0n) is 8.14. The first kappa shape index (κ1) is 11.4. The predicted molar refractivity (Wildman–Crippen MR) is 48.1 cm³/mol. The Balaban J connectivity index is 3.00. The number of amides is 1. The van der Waals surface area contributed by atoms with Crippen LogP contribution in [0, 0.1) is 5.92 Å². The summed E-state index contributed by atoms with van der Waals surface area (Å²) in [6.45, 7) is 1.13. The minimum Gasteiger partial charge on any atom is -0.478 e. The molecule has 4 N–H and O–H groups in total. The smallest absolute Gasteiger partial charge is 0.409 e. The lowest BCUT2D eigenvalue weighted by Crippen LogP contribution is -2.59. The van der Waals surface area contributed by atoms with Gasteiger partial charge in [-0.3, -0.25) is 15.4 Å². The van der Waals surface area contributed by atoms with E-state index in [1.54, 1.807) is 0 Å². The molecule has 7 nitrogen and oxygen atoms in total. The third kappa shape index (κ3) is 1.78. The Hall–Kier alpha value is -1.63. The van der Waals surface area contributed by atoms with E-state index in [9.17, 15) is 14.4 Å². The molecule has 15 heavy (non-hydrogen) atoms. The molecule has 0 saturated carbocycles. The molecule has 0 aromatic rings. The summed E-state index contributed by atoms with van der Waals surface area (Å²) in [5.41, 5.74) is 3.48. The van der Waals surface area contributed by atoms with E-state index in [-0.39, 0.29) is 18.7 Å². The Kier molecular flexibility index (Phi) is 2.67. The van der Waals surface area contributed by atoms with Gasteiger partial charge >= 0.3 is 12.1 Å². The van der Waals surface area contributed by atoms with Crippen LogP contribution in [0.5, 0.6) is 0 Å².